The molecule has 0 aliphatic heterocycles. The number of amides is 1. The van der Waals surface area contributed by atoms with E-state index in [1.54, 1.807) is 23.7 Å². The van der Waals surface area contributed by atoms with Crippen LogP contribution in [0.25, 0.3) is 11.3 Å². The van der Waals surface area contributed by atoms with Crippen molar-refractivity contribution in [2.24, 2.45) is 0 Å². The molecule has 0 saturated heterocycles. The molecule has 0 aliphatic carbocycles. The number of imidazole rings is 1. The van der Waals surface area contributed by atoms with Crippen LogP contribution in [-0.4, -0.2) is 35.0 Å². The second-order valence-corrected chi connectivity index (χ2v) is 6.11. The molecule has 1 unspecified atom stereocenters. The normalized spacial score (nSPS) is 12.0. The molecule has 0 bridgehead atoms. The van der Waals surface area contributed by atoms with Crippen LogP contribution in [0.1, 0.15) is 29.1 Å². The number of nitro benzene ring substituents is 1. The van der Waals surface area contributed by atoms with E-state index in [1.807, 2.05) is 18.2 Å². The molecule has 140 valence electrons. The largest absolute Gasteiger partial charge is 0.342 e. The summed E-state index contributed by atoms with van der Waals surface area (Å²) in [5.74, 6) is 0.119. The Labute approximate surface area is 158 Å². The molecular weight excluding hydrogens is 362 g/mol. The van der Waals surface area contributed by atoms with Gasteiger partial charge in [-0.3, -0.25) is 19.3 Å². The Morgan fingerprint density at radius 2 is 2.07 bits per heavy atom. The average molecular weight is 377 g/mol. The van der Waals surface area contributed by atoms with Gasteiger partial charge in [0, 0.05) is 30.2 Å². The standard InChI is InChI=1S/C18H15N7O3/c1-12(17-22-21-16-4-2-3-8-24(16)17)20-18(26)13-5-6-14(15(10-13)25(27)28)23-9-7-19-11-23/h2-12H,1H3,(H,20,26). The first-order valence-corrected chi connectivity index (χ1v) is 8.42. The summed E-state index contributed by atoms with van der Waals surface area (Å²) in [6.07, 6.45) is 6.38. The van der Waals surface area contributed by atoms with Crippen LogP contribution in [0, 0.1) is 10.1 Å². The van der Waals surface area contributed by atoms with Gasteiger partial charge in [-0.25, -0.2) is 4.98 Å². The van der Waals surface area contributed by atoms with E-state index in [0.29, 0.717) is 17.2 Å². The van der Waals surface area contributed by atoms with Gasteiger partial charge in [0.1, 0.15) is 5.69 Å². The first-order chi connectivity index (χ1) is 13.5. The molecule has 0 fully saturated rings. The summed E-state index contributed by atoms with van der Waals surface area (Å²) in [5.41, 5.74) is 0.983. The number of aromatic nitrogens is 5. The van der Waals surface area contributed by atoms with E-state index in [0.717, 1.165) is 0 Å². The van der Waals surface area contributed by atoms with Gasteiger partial charge < -0.3 is 9.88 Å². The van der Waals surface area contributed by atoms with Crippen molar-refractivity contribution in [3.8, 4) is 5.69 Å². The van der Waals surface area contributed by atoms with Crippen molar-refractivity contribution >= 4 is 17.2 Å². The predicted octanol–water partition coefficient (Wildman–Crippen LogP) is 2.31. The second kappa shape index (κ2) is 6.91. The molecule has 4 aromatic rings. The first-order valence-electron chi connectivity index (χ1n) is 8.42. The quantitative estimate of drug-likeness (QED) is 0.421. The molecule has 0 aliphatic rings. The number of carbonyl (C=O) groups is 1. The second-order valence-electron chi connectivity index (χ2n) is 6.11. The van der Waals surface area contributed by atoms with Crippen LogP contribution in [0.3, 0.4) is 0 Å². The molecule has 1 N–H and O–H groups in total. The number of fused-ring (bicyclic) bond motifs is 1. The minimum Gasteiger partial charge on any atom is -0.342 e. The fourth-order valence-electron chi connectivity index (χ4n) is 2.93. The highest BCUT2D eigenvalue weighted by atomic mass is 16.6. The molecule has 3 heterocycles. The van der Waals surface area contributed by atoms with E-state index in [1.165, 1.54) is 35.3 Å². The Morgan fingerprint density at radius 3 is 2.82 bits per heavy atom. The van der Waals surface area contributed by atoms with Crippen molar-refractivity contribution in [1.29, 1.82) is 0 Å². The maximum atomic E-state index is 12.6. The third-order valence-corrected chi connectivity index (χ3v) is 4.29. The van der Waals surface area contributed by atoms with Gasteiger partial charge in [0.15, 0.2) is 11.5 Å². The van der Waals surface area contributed by atoms with Crippen LogP contribution in [-0.2, 0) is 0 Å². The fourth-order valence-corrected chi connectivity index (χ4v) is 2.93. The van der Waals surface area contributed by atoms with Crippen LogP contribution < -0.4 is 5.32 Å². The molecule has 1 amide bonds. The zero-order valence-electron chi connectivity index (χ0n) is 14.8. The number of benzene rings is 1. The lowest BCUT2D eigenvalue weighted by molar-refractivity contribution is -0.384. The topological polar surface area (TPSA) is 120 Å². The van der Waals surface area contributed by atoms with Crippen molar-refractivity contribution in [3.05, 3.63) is 82.8 Å². The number of nitro groups is 1. The molecule has 4 rings (SSSR count). The van der Waals surface area contributed by atoms with E-state index in [-0.39, 0.29) is 11.3 Å². The molecular formula is C18H15N7O3. The molecule has 1 aromatic carbocycles. The first kappa shape index (κ1) is 17.3. The summed E-state index contributed by atoms with van der Waals surface area (Å²) in [4.78, 5) is 27.5. The summed E-state index contributed by atoms with van der Waals surface area (Å²) in [7, 11) is 0. The van der Waals surface area contributed by atoms with Crippen LogP contribution in [0.4, 0.5) is 5.69 Å². The van der Waals surface area contributed by atoms with Gasteiger partial charge in [-0.15, -0.1) is 10.2 Å². The molecule has 10 heteroatoms. The number of hydrogen-bond donors (Lipinski definition) is 1. The molecule has 0 saturated carbocycles. The Hall–Kier alpha value is -4.08. The summed E-state index contributed by atoms with van der Waals surface area (Å²) >= 11 is 0. The minimum atomic E-state index is -0.526. The lowest BCUT2D eigenvalue weighted by Gasteiger charge is -2.13. The number of nitrogens with one attached hydrogen (secondary N) is 1. The van der Waals surface area contributed by atoms with Crippen LogP contribution in [0.15, 0.2) is 61.3 Å². The van der Waals surface area contributed by atoms with Gasteiger partial charge in [-0.1, -0.05) is 6.07 Å². The third-order valence-electron chi connectivity index (χ3n) is 4.29. The van der Waals surface area contributed by atoms with E-state index >= 15 is 0 Å². The lowest BCUT2D eigenvalue weighted by atomic mass is 10.1. The number of nitrogens with zero attached hydrogens (tertiary/aromatic N) is 6. The Morgan fingerprint density at radius 1 is 1.21 bits per heavy atom. The molecule has 0 spiro atoms. The molecule has 10 nitrogen and oxygen atoms in total. The van der Waals surface area contributed by atoms with Crippen molar-refractivity contribution in [2.45, 2.75) is 13.0 Å². The van der Waals surface area contributed by atoms with E-state index in [4.69, 9.17) is 0 Å². The Bertz CT molecular complexity index is 1170. The zero-order valence-corrected chi connectivity index (χ0v) is 14.8. The van der Waals surface area contributed by atoms with Crippen molar-refractivity contribution in [3.63, 3.8) is 0 Å². The fraction of sp³-hybridized carbons (Fsp3) is 0.111. The smallest absolute Gasteiger partial charge is 0.294 e. The molecule has 28 heavy (non-hydrogen) atoms. The highest BCUT2D eigenvalue weighted by molar-refractivity contribution is 5.95. The number of carbonyl (C=O) groups excluding carboxylic acids is 1. The molecule has 1 atom stereocenters. The van der Waals surface area contributed by atoms with Gasteiger partial charge in [0.25, 0.3) is 11.6 Å². The number of rotatable bonds is 5. The van der Waals surface area contributed by atoms with Crippen LogP contribution in [0.2, 0.25) is 0 Å². The average Bonchev–Trinajstić information content (AvgIpc) is 3.37. The zero-order chi connectivity index (χ0) is 19.7. The number of pyridine rings is 1. The van der Waals surface area contributed by atoms with Gasteiger partial charge >= 0.3 is 0 Å². The lowest BCUT2D eigenvalue weighted by Crippen LogP contribution is -2.28. The Kier molecular flexibility index (Phi) is 4.28. The van der Waals surface area contributed by atoms with E-state index in [2.05, 4.69) is 20.5 Å². The van der Waals surface area contributed by atoms with Crippen molar-refractivity contribution in [1.82, 2.24) is 29.5 Å². The maximum absolute atomic E-state index is 12.6. The SMILES string of the molecule is CC(NC(=O)c1ccc(-n2ccnc2)c([N+](=O)[O-])c1)c1nnc2ccccn12. The number of hydrogen-bond acceptors (Lipinski definition) is 6. The van der Waals surface area contributed by atoms with Gasteiger partial charge in [0.05, 0.1) is 17.3 Å². The van der Waals surface area contributed by atoms with Gasteiger partial charge in [0.2, 0.25) is 0 Å². The van der Waals surface area contributed by atoms with Crippen molar-refractivity contribution in [2.75, 3.05) is 0 Å². The highest BCUT2D eigenvalue weighted by Gasteiger charge is 2.21. The third kappa shape index (κ3) is 3.07. The minimum absolute atomic E-state index is 0.177. The summed E-state index contributed by atoms with van der Waals surface area (Å²) in [5, 5.41) is 22.4. The van der Waals surface area contributed by atoms with Crippen molar-refractivity contribution < 1.29 is 9.72 Å². The predicted molar refractivity (Wildman–Crippen MR) is 99.1 cm³/mol. The van der Waals surface area contributed by atoms with Gasteiger partial charge in [-0.2, -0.15) is 0 Å². The Balaban J connectivity index is 1.61. The molecule has 3 aromatic heterocycles. The van der Waals surface area contributed by atoms with Crippen LogP contribution in [0.5, 0.6) is 0 Å². The van der Waals surface area contributed by atoms with E-state index < -0.39 is 16.9 Å². The maximum Gasteiger partial charge on any atom is 0.294 e. The van der Waals surface area contributed by atoms with E-state index in [9.17, 15) is 14.9 Å². The summed E-state index contributed by atoms with van der Waals surface area (Å²) in [6.45, 7) is 1.77. The summed E-state index contributed by atoms with van der Waals surface area (Å²) in [6, 6.07) is 9.35. The monoisotopic (exact) mass is 377 g/mol. The van der Waals surface area contributed by atoms with Gasteiger partial charge in [-0.05, 0) is 31.2 Å². The molecule has 0 radical (unpaired) electrons. The van der Waals surface area contributed by atoms with Crippen LogP contribution >= 0.6 is 0 Å². The highest BCUT2D eigenvalue weighted by Crippen LogP contribution is 2.24. The summed E-state index contributed by atoms with van der Waals surface area (Å²) < 4.78 is 3.29.